The van der Waals surface area contributed by atoms with Crippen molar-refractivity contribution in [2.45, 2.75) is 25.8 Å². The highest BCUT2D eigenvalue weighted by atomic mass is 16.6. The molecule has 114 valence electrons. The fourth-order valence-corrected chi connectivity index (χ4v) is 2.40. The maximum Gasteiger partial charge on any atom is 0.293 e. The van der Waals surface area contributed by atoms with E-state index in [-0.39, 0.29) is 29.9 Å². The van der Waals surface area contributed by atoms with Gasteiger partial charge in [0.2, 0.25) is 5.91 Å². The van der Waals surface area contributed by atoms with E-state index in [9.17, 15) is 14.9 Å². The topological polar surface area (TPSA) is 102 Å². The van der Waals surface area contributed by atoms with Crippen LogP contribution in [0.5, 0.6) is 0 Å². The molecule has 1 aliphatic heterocycles. The van der Waals surface area contributed by atoms with Crippen LogP contribution in [0.1, 0.15) is 18.4 Å². The number of hydrogen-bond acceptors (Lipinski definition) is 5. The van der Waals surface area contributed by atoms with E-state index in [4.69, 9.17) is 5.73 Å². The molecule has 0 aromatic heterocycles. The quantitative estimate of drug-likeness (QED) is 0.642. The van der Waals surface area contributed by atoms with Crippen molar-refractivity contribution in [1.29, 1.82) is 0 Å². The van der Waals surface area contributed by atoms with E-state index in [2.05, 4.69) is 5.32 Å². The zero-order chi connectivity index (χ0) is 15.4. The van der Waals surface area contributed by atoms with Gasteiger partial charge in [-0.25, -0.2) is 0 Å². The van der Waals surface area contributed by atoms with Gasteiger partial charge in [0.25, 0.3) is 5.69 Å². The molecule has 3 N–H and O–H groups in total. The van der Waals surface area contributed by atoms with E-state index in [1.165, 1.54) is 6.07 Å². The number of nitro benzene ring substituents is 1. The Morgan fingerprint density at radius 1 is 1.48 bits per heavy atom. The summed E-state index contributed by atoms with van der Waals surface area (Å²) in [4.78, 5) is 24.6. The predicted octanol–water partition coefficient (Wildman–Crippen LogP) is 1.26. The molecular weight excluding hydrogens is 272 g/mol. The highest BCUT2D eigenvalue weighted by Crippen LogP contribution is 2.25. The Balaban J connectivity index is 1.98. The number of amides is 1. The van der Waals surface area contributed by atoms with Gasteiger partial charge in [0.15, 0.2) is 0 Å². The van der Waals surface area contributed by atoms with Crippen LogP contribution in [0.15, 0.2) is 18.2 Å². The Labute approximate surface area is 123 Å². The second-order valence-electron chi connectivity index (χ2n) is 5.44. The number of nitrogens with two attached hydrogens (primary N) is 1. The van der Waals surface area contributed by atoms with Crippen LogP contribution in [0.25, 0.3) is 0 Å². The molecule has 1 aromatic carbocycles. The van der Waals surface area contributed by atoms with Crippen molar-refractivity contribution < 1.29 is 9.72 Å². The van der Waals surface area contributed by atoms with E-state index < -0.39 is 4.92 Å². The molecule has 0 saturated carbocycles. The van der Waals surface area contributed by atoms with Crippen LogP contribution in [-0.2, 0) is 4.79 Å². The number of piperidine rings is 1. The summed E-state index contributed by atoms with van der Waals surface area (Å²) < 4.78 is 0. The van der Waals surface area contributed by atoms with Crippen LogP contribution in [0.4, 0.5) is 11.4 Å². The molecule has 1 heterocycles. The van der Waals surface area contributed by atoms with Gasteiger partial charge in [-0.3, -0.25) is 19.8 Å². The molecule has 21 heavy (non-hydrogen) atoms. The third-order valence-corrected chi connectivity index (χ3v) is 3.62. The number of carbonyl (C=O) groups is 1. The predicted molar refractivity (Wildman–Crippen MR) is 80.1 cm³/mol. The van der Waals surface area contributed by atoms with Crippen LogP contribution in [0.2, 0.25) is 0 Å². The van der Waals surface area contributed by atoms with Crippen molar-refractivity contribution in [3.8, 4) is 0 Å². The van der Waals surface area contributed by atoms with Crippen molar-refractivity contribution in [2.24, 2.45) is 5.73 Å². The molecule has 0 aliphatic carbocycles. The molecule has 1 aliphatic rings. The van der Waals surface area contributed by atoms with Gasteiger partial charge < -0.3 is 11.1 Å². The highest BCUT2D eigenvalue weighted by molar-refractivity contribution is 5.94. The second kappa shape index (κ2) is 6.64. The van der Waals surface area contributed by atoms with E-state index in [0.717, 1.165) is 31.5 Å². The number of aryl methyl sites for hydroxylation is 1. The monoisotopic (exact) mass is 292 g/mol. The fourth-order valence-electron chi connectivity index (χ4n) is 2.40. The minimum absolute atomic E-state index is 0.0796. The van der Waals surface area contributed by atoms with Crippen LogP contribution in [0.3, 0.4) is 0 Å². The van der Waals surface area contributed by atoms with Gasteiger partial charge in [-0.1, -0.05) is 6.07 Å². The lowest BCUT2D eigenvalue weighted by atomic mass is 10.1. The molecule has 2 rings (SSSR count). The summed E-state index contributed by atoms with van der Waals surface area (Å²) in [5, 5.41) is 13.6. The molecule has 7 nitrogen and oxygen atoms in total. The largest absolute Gasteiger partial charge is 0.328 e. The van der Waals surface area contributed by atoms with Crippen molar-refractivity contribution in [2.75, 3.05) is 25.0 Å². The van der Waals surface area contributed by atoms with Gasteiger partial charge in [-0.15, -0.1) is 0 Å². The maximum absolute atomic E-state index is 12.0. The first-order valence-corrected chi connectivity index (χ1v) is 6.98. The number of anilines is 1. The SMILES string of the molecule is Cc1ccc(NC(=O)CN2CCC(N)CC2)c([N+](=O)[O-])c1. The molecule has 0 spiro atoms. The summed E-state index contributed by atoms with van der Waals surface area (Å²) >= 11 is 0. The molecule has 0 unspecified atom stereocenters. The van der Waals surface area contributed by atoms with Crippen molar-refractivity contribution in [3.05, 3.63) is 33.9 Å². The summed E-state index contributed by atoms with van der Waals surface area (Å²) in [5.74, 6) is -0.238. The zero-order valence-corrected chi connectivity index (χ0v) is 12.0. The normalized spacial score (nSPS) is 16.7. The van der Waals surface area contributed by atoms with Crippen molar-refractivity contribution >= 4 is 17.3 Å². The van der Waals surface area contributed by atoms with Gasteiger partial charge >= 0.3 is 0 Å². The first-order valence-electron chi connectivity index (χ1n) is 6.98. The number of nitro groups is 1. The third-order valence-electron chi connectivity index (χ3n) is 3.62. The standard InChI is InChI=1S/C14H20N4O3/c1-10-2-3-12(13(8-10)18(20)21)16-14(19)9-17-6-4-11(15)5-7-17/h2-3,8,11H,4-7,9,15H2,1H3,(H,16,19). The van der Waals surface area contributed by atoms with E-state index in [1.807, 2.05) is 4.90 Å². The summed E-state index contributed by atoms with van der Waals surface area (Å²) in [6, 6.07) is 4.97. The fraction of sp³-hybridized carbons (Fsp3) is 0.500. The highest BCUT2D eigenvalue weighted by Gasteiger charge is 2.20. The van der Waals surface area contributed by atoms with E-state index >= 15 is 0 Å². The zero-order valence-electron chi connectivity index (χ0n) is 12.0. The Kier molecular flexibility index (Phi) is 4.87. The lowest BCUT2D eigenvalue weighted by molar-refractivity contribution is -0.384. The molecule has 1 aromatic rings. The van der Waals surface area contributed by atoms with E-state index in [1.54, 1.807) is 19.1 Å². The van der Waals surface area contributed by atoms with Crippen LogP contribution in [-0.4, -0.2) is 41.4 Å². The number of carbonyl (C=O) groups excluding carboxylic acids is 1. The Bertz CT molecular complexity index is 539. The summed E-state index contributed by atoms with van der Waals surface area (Å²) in [5.41, 5.74) is 6.76. The third kappa shape index (κ3) is 4.24. The Morgan fingerprint density at radius 2 is 2.14 bits per heavy atom. The molecule has 1 fully saturated rings. The number of nitrogens with zero attached hydrogens (tertiary/aromatic N) is 2. The first-order chi connectivity index (χ1) is 9.95. The molecular formula is C14H20N4O3. The molecule has 0 atom stereocenters. The van der Waals surface area contributed by atoms with Gasteiger partial charge in [-0.05, 0) is 31.4 Å². The Morgan fingerprint density at radius 3 is 2.76 bits per heavy atom. The maximum atomic E-state index is 12.0. The number of nitrogens with one attached hydrogen (secondary N) is 1. The Hall–Kier alpha value is -1.99. The van der Waals surface area contributed by atoms with Crippen LogP contribution in [0, 0.1) is 17.0 Å². The smallest absolute Gasteiger partial charge is 0.293 e. The lowest BCUT2D eigenvalue weighted by Crippen LogP contribution is -2.43. The summed E-state index contributed by atoms with van der Waals surface area (Å²) in [6.45, 7) is 3.57. The first kappa shape index (κ1) is 15.4. The minimum Gasteiger partial charge on any atom is -0.328 e. The number of hydrogen-bond donors (Lipinski definition) is 2. The van der Waals surface area contributed by atoms with Gasteiger partial charge in [-0.2, -0.15) is 0 Å². The minimum atomic E-state index is -0.484. The summed E-state index contributed by atoms with van der Waals surface area (Å²) in [6.07, 6.45) is 1.75. The average molecular weight is 292 g/mol. The number of rotatable bonds is 4. The molecule has 7 heteroatoms. The molecule has 1 amide bonds. The van der Waals surface area contributed by atoms with Crippen molar-refractivity contribution in [1.82, 2.24) is 4.90 Å². The van der Waals surface area contributed by atoms with E-state index in [0.29, 0.717) is 0 Å². The molecule has 1 saturated heterocycles. The number of likely N-dealkylation sites (tertiary alicyclic amines) is 1. The van der Waals surface area contributed by atoms with Crippen molar-refractivity contribution in [3.63, 3.8) is 0 Å². The van der Waals surface area contributed by atoms with Gasteiger partial charge in [0.1, 0.15) is 5.69 Å². The lowest BCUT2D eigenvalue weighted by Gasteiger charge is -2.29. The average Bonchev–Trinajstić information content (AvgIpc) is 2.43. The second-order valence-corrected chi connectivity index (χ2v) is 5.44. The van der Waals surface area contributed by atoms with Crippen LogP contribution >= 0.6 is 0 Å². The van der Waals surface area contributed by atoms with Crippen LogP contribution < -0.4 is 11.1 Å². The summed E-state index contributed by atoms with van der Waals surface area (Å²) in [7, 11) is 0. The number of benzene rings is 1. The van der Waals surface area contributed by atoms with Gasteiger partial charge in [0, 0.05) is 25.2 Å². The molecule has 0 radical (unpaired) electrons. The molecule has 0 bridgehead atoms. The van der Waals surface area contributed by atoms with Gasteiger partial charge in [0.05, 0.1) is 11.5 Å².